The highest BCUT2D eigenvalue weighted by Crippen LogP contribution is 2.32. The molecule has 7 heteroatoms. The van der Waals surface area contributed by atoms with Crippen LogP contribution in [0.15, 0.2) is 42.5 Å². The number of amides is 2. The Morgan fingerprint density at radius 3 is 2.43 bits per heavy atom. The first-order valence-electron chi connectivity index (χ1n) is 10.5. The molecule has 2 aliphatic rings. The molecule has 0 radical (unpaired) electrons. The van der Waals surface area contributed by atoms with E-state index in [9.17, 15) is 9.59 Å². The standard InChI is InChI=1S/C23H27N3O4/c1-2-3-4-22(27)26-13-11-25(12-14-26)19-8-6-18(7-9-19)24-23(28)17-5-10-20-21(15-17)30-16-29-20/h5-10,15H,2-4,11-14,16H2,1H3,(H,24,28). The van der Waals surface area contributed by atoms with Gasteiger partial charge in [-0.3, -0.25) is 9.59 Å². The lowest BCUT2D eigenvalue weighted by Crippen LogP contribution is -2.48. The average Bonchev–Trinajstić information content (AvgIpc) is 3.26. The molecule has 158 valence electrons. The van der Waals surface area contributed by atoms with Gasteiger partial charge in [-0.05, 0) is 48.9 Å². The number of hydrogen-bond acceptors (Lipinski definition) is 5. The number of fused-ring (bicyclic) bond motifs is 1. The molecule has 2 aromatic rings. The SMILES string of the molecule is CCCCC(=O)N1CCN(c2ccc(NC(=O)c3ccc4c(c3)OCO4)cc2)CC1. The van der Waals surface area contributed by atoms with Gasteiger partial charge in [-0.25, -0.2) is 0 Å². The number of unbranched alkanes of at least 4 members (excludes halogenated alkanes) is 1. The Labute approximate surface area is 176 Å². The Balaban J connectivity index is 1.31. The van der Waals surface area contributed by atoms with Gasteiger partial charge in [-0.15, -0.1) is 0 Å². The predicted octanol–water partition coefficient (Wildman–Crippen LogP) is 3.51. The first-order valence-corrected chi connectivity index (χ1v) is 10.5. The van der Waals surface area contributed by atoms with Gasteiger partial charge in [0.05, 0.1) is 0 Å². The Morgan fingerprint density at radius 2 is 1.70 bits per heavy atom. The number of hydrogen-bond donors (Lipinski definition) is 1. The second-order valence-corrected chi connectivity index (χ2v) is 7.54. The van der Waals surface area contributed by atoms with Gasteiger partial charge in [0, 0.05) is 49.5 Å². The summed E-state index contributed by atoms with van der Waals surface area (Å²) >= 11 is 0. The zero-order valence-electron chi connectivity index (χ0n) is 17.2. The number of ether oxygens (including phenoxy) is 2. The molecular formula is C23H27N3O4. The van der Waals surface area contributed by atoms with E-state index in [0.717, 1.165) is 50.4 Å². The number of benzene rings is 2. The molecule has 1 N–H and O–H groups in total. The van der Waals surface area contributed by atoms with Gasteiger partial charge in [0.15, 0.2) is 11.5 Å². The largest absolute Gasteiger partial charge is 0.454 e. The highest BCUT2D eigenvalue weighted by molar-refractivity contribution is 6.04. The molecule has 2 heterocycles. The highest BCUT2D eigenvalue weighted by Gasteiger charge is 2.21. The molecule has 0 unspecified atom stereocenters. The van der Waals surface area contributed by atoms with Gasteiger partial charge in [-0.2, -0.15) is 0 Å². The van der Waals surface area contributed by atoms with Crippen molar-refractivity contribution in [2.24, 2.45) is 0 Å². The summed E-state index contributed by atoms with van der Waals surface area (Å²) in [5.41, 5.74) is 2.35. The van der Waals surface area contributed by atoms with Gasteiger partial charge < -0.3 is 24.6 Å². The van der Waals surface area contributed by atoms with Crippen molar-refractivity contribution < 1.29 is 19.1 Å². The van der Waals surface area contributed by atoms with Crippen LogP contribution in [0.1, 0.15) is 36.5 Å². The number of nitrogens with one attached hydrogen (secondary N) is 1. The fourth-order valence-electron chi connectivity index (χ4n) is 3.70. The topological polar surface area (TPSA) is 71.1 Å². The molecule has 2 amide bonds. The van der Waals surface area contributed by atoms with Crippen molar-refractivity contribution in [2.45, 2.75) is 26.2 Å². The van der Waals surface area contributed by atoms with Crippen molar-refractivity contribution >= 4 is 23.2 Å². The van der Waals surface area contributed by atoms with Gasteiger partial charge in [-0.1, -0.05) is 13.3 Å². The molecule has 1 saturated heterocycles. The number of piperazine rings is 1. The molecule has 7 nitrogen and oxygen atoms in total. The minimum Gasteiger partial charge on any atom is -0.454 e. The van der Waals surface area contributed by atoms with E-state index in [2.05, 4.69) is 17.1 Å². The first kappa shape index (κ1) is 20.1. The third-order valence-corrected chi connectivity index (χ3v) is 5.50. The molecule has 2 aromatic carbocycles. The molecule has 0 aliphatic carbocycles. The minimum atomic E-state index is -0.194. The number of carbonyl (C=O) groups is 2. The van der Waals surface area contributed by atoms with Crippen LogP contribution < -0.4 is 19.7 Å². The van der Waals surface area contributed by atoms with Crippen LogP contribution in [0.4, 0.5) is 11.4 Å². The molecule has 0 saturated carbocycles. The molecule has 0 aromatic heterocycles. The van der Waals surface area contributed by atoms with E-state index in [-0.39, 0.29) is 18.6 Å². The predicted molar refractivity (Wildman–Crippen MR) is 115 cm³/mol. The van der Waals surface area contributed by atoms with Crippen LogP contribution in [0.2, 0.25) is 0 Å². The Hall–Kier alpha value is -3.22. The lowest BCUT2D eigenvalue weighted by atomic mass is 10.1. The van der Waals surface area contributed by atoms with Crippen molar-refractivity contribution in [1.82, 2.24) is 4.90 Å². The van der Waals surface area contributed by atoms with Crippen LogP contribution in [0.3, 0.4) is 0 Å². The van der Waals surface area contributed by atoms with Crippen LogP contribution in [0.5, 0.6) is 11.5 Å². The van der Waals surface area contributed by atoms with Gasteiger partial charge in [0.1, 0.15) is 0 Å². The summed E-state index contributed by atoms with van der Waals surface area (Å²) in [5, 5.41) is 2.91. The molecule has 0 spiro atoms. The van der Waals surface area contributed by atoms with E-state index in [4.69, 9.17) is 9.47 Å². The molecule has 0 atom stereocenters. The van der Waals surface area contributed by atoms with Crippen molar-refractivity contribution in [3.63, 3.8) is 0 Å². The van der Waals surface area contributed by atoms with E-state index < -0.39 is 0 Å². The average molecular weight is 409 g/mol. The number of nitrogens with zero attached hydrogens (tertiary/aromatic N) is 2. The maximum absolute atomic E-state index is 12.5. The van der Waals surface area contributed by atoms with E-state index in [1.54, 1.807) is 18.2 Å². The van der Waals surface area contributed by atoms with E-state index >= 15 is 0 Å². The maximum Gasteiger partial charge on any atom is 0.255 e. The van der Waals surface area contributed by atoms with Gasteiger partial charge >= 0.3 is 0 Å². The van der Waals surface area contributed by atoms with Crippen molar-refractivity contribution in [1.29, 1.82) is 0 Å². The lowest BCUT2D eigenvalue weighted by Gasteiger charge is -2.36. The van der Waals surface area contributed by atoms with E-state index in [0.29, 0.717) is 23.5 Å². The Bertz CT molecular complexity index is 905. The smallest absolute Gasteiger partial charge is 0.255 e. The van der Waals surface area contributed by atoms with Gasteiger partial charge in [0.2, 0.25) is 12.7 Å². The maximum atomic E-state index is 12.5. The molecule has 30 heavy (non-hydrogen) atoms. The zero-order chi connectivity index (χ0) is 20.9. The molecule has 2 aliphatic heterocycles. The summed E-state index contributed by atoms with van der Waals surface area (Å²) in [6.07, 6.45) is 2.65. The lowest BCUT2D eigenvalue weighted by molar-refractivity contribution is -0.131. The highest BCUT2D eigenvalue weighted by atomic mass is 16.7. The summed E-state index contributed by atoms with van der Waals surface area (Å²) < 4.78 is 10.6. The summed E-state index contributed by atoms with van der Waals surface area (Å²) in [5.74, 6) is 1.31. The quantitative estimate of drug-likeness (QED) is 0.791. The summed E-state index contributed by atoms with van der Waals surface area (Å²) in [6.45, 7) is 5.44. The summed E-state index contributed by atoms with van der Waals surface area (Å²) in [4.78, 5) is 28.9. The Kier molecular flexibility index (Phi) is 6.07. The van der Waals surface area contributed by atoms with Crippen molar-refractivity contribution in [3.05, 3.63) is 48.0 Å². The van der Waals surface area contributed by atoms with Crippen LogP contribution in [-0.2, 0) is 4.79 Å². The summed E-state index contributed by atoms with van der Waals surface area (Å²) in [6, 6.07) is 13.0. The first-order chi connectivity index (χ1) is 14.6. The van der Waals surface area contributed by atoms with Crippen molar-refractivity contribution in [3.8, 4) is 11.5 Å². The van der Waals surface area contributed by atoms with Crippen LogP contribution in [0.25, 0.3) is 0 Å². The second-order valence-electron chi connectivity index (χ2n) is 7.54. The second kappa shape index (κ2) is 9.07. The van der Waals surface area contributed by atoms with Crippen LogP contribution >= 0.6 is 0 Å². The summed E-state index contributed by atoms with van der Waals surface area (Å²) in [7, 11) is 0. The van der Waals surface area contributed by atoms with Gasteiger partial charge in [0.25, 0.3) is 5.91 Å². The molecular weight excluding hydrogens is 382 g/mol. The third-order valence-electron chi connectivity index (χ3n) is 5.50. The fourth-order valence-corrected chi connectivity index (χ4v) is 3.70. The van der Waals surface area contributed by atoms with Crippen molar-refractivity contribution in [2.75, 3.05) is 43.2 Å². The number of anilines is 2. The molecule has 1 fully saturated rings. The monoisotopic (exact) mass is 409 g/mol. The molecule has 0 bridgehead atoms. The zero-order valence-corrected chi connectivity index (χ0v) is 17.2. The Morgan fingerprint density at radius 1 is 0.967 bits per heavy atom. The normalized spacial score (nSPS) is 15.2. The van der Waals surface area contributed by atoms with Crippen LogP contribution in [-0.4, -0.2) is 49.7 Å². The minimum absolute atomic E-state index is 0.184. The fraction of sp³-hybridized carbons (Fsp3) is 0.391. The van der Waals surface area contributed by atoms with E-state index in [1.165, 1.54) is 0 Å². The molecule has 4 rings (SSSR count). The third kappa shape index (κ3) is 4.50. The number of carbonyl (C=O) groups excluding carboxylic acids is 2. The van der Waals surface area contributed by atoms with E-state index in [1.807, 2.05) is 29.2 Å². The van der Waals surface area contributed by atoms with Crippen LogP contribution in [0, 0.1) is 0 Å². The number of rotatable bonds is 6.